The van der Waals surface area contributed by atoms with Crippen LogP contribution >= 0.6 is 11.6 Å². The number of nitrogens with zero attached hydrogens (tertiary/aromatic N) is 3. The molecule has 2 heterocycles. The highest BCUT2D eigenvalue weighted by Gasteiger charge is 2.38. The molecule has 2 aromatic carbocycles. The Balaban J connectivity index is 1.25. The molecule has 5 rings (SSSR count). The lowest BCUT2D eigenvalue weighted by Crippen LogP contribution is -2.46. The minimum Gasteiger partial charge on any atom is -0.481 e. The van der Waals surface area contributed by atoms with E-state index in [1.165, 1.54) is 6.07 Å². The van der Waals surface area contributed by atoms with Gasteiger partial charge in [0.25, 0.3) is 5.91 Å². The Morgan fingerprint density at radius 3 is 2.47 bits per heavy atom. The topological polar surface area (TPSA) is 123 Å². The van der Waals surface area contributed by atoms with Crippen molar-refractivity contribution in [2.45, 2.75) is 63.1 Å². The van der Waals surface area contributed by atoms with Crippen molar-refractivity contribution in [3.63, 3.8) is 0 Å². The van der Waals surface area contributed by atoms with E-state index in [-0.39, 0.29) is 58.4 Å². The van der Waals surface area contributed by atoms with Crippen molar-refractivity contribution in [3.05, 3.63) is 58.5 Å². The third kappa shape index (κ3) is 6.84. The van der Waals surface area contributed by atoms with Gasteiger partial charge in [-0.25, -0.2) is 4.39 Å². The Hall–Kier alpha value is -3.54. The minimum atomic E-state index is -0.766. The van der Waals surface area contributed by atoms with Gasteiger partial charge in [-0.2, -0.15) is 5.10 Å². The van der Waals surface area contributed by atoms with Gasteiger partial charge in [0.1, 0.15) is 5.82 Å². The molecule has 230 valence electrons. The number of aromatic nitrogens is 2. The number of nitrogens with one attached hydrogen (secondary N) is 1. The normalized spacial score (nSPS) is 22.2. The molecule has 0 spiro atoms. The molecule has 0 unspecified atom stereocenters. The van der Waals surface area contributed by atoms with Crippen molar-refractivity contribution in [3.8, 4) is 0 Å². The number of carboxylic acids is 1. The first-order chi connectivity index (χ1) is 20.7. The van der Waals surface area contributed by atoms with E-state index in [1.807, 2.05) is 12.1 Å². The van der Waals surface area contributed by atoms with Crippen molar-refractivity contribution >= 4 is 46.0 Å². The second kappa shape index (κ2) is 13.4. The van der Waals surface area contributed by atoms with E-state index in [9.17, 15) is 19.5 Å². The first-order valence-corrected chi connectivity index (χ1v) is 14.9. The number of hydrogen-bond acceptors (Lipinski definition) is 6. The maximum Gasteiger partial charge on any atom is 0.306 e. The van der Waals surface area contributed by atoms with Gasteiger partial charge >= 0.3 is 5.97 Å². The lowest BCUT2D eigenvalue weighted by molar-refractivity contribution is -0.144. The van der Waals surface area contributed by atoms with Crippen LogP contribution in [0.25, 0.3) is 10.9 Å². The van der Waals surface area contributed by atoms with Gasteiger partial charge in [0.15, 0.2) is 5.69 Å². The average molecular weight is 615 g/mol. The van der Waals surface area contributed by atoms with Crippen LogP contribution < -0.4 is 5.32 Å². The van der Waals surface area contributed by atoms with E-state index in [2.05, 4.69) is 10.4 Å². The number of hydrogen-bond donors (Lipinski definition) is 2. The number of carbonyl (C=O) groups excluding carboxylic acids is 2. The van der Waals surface area contributed by atoms with E-state index in [0.29, 0.717) is 44.3 Å². The molecule has 1 saturated heterocycles. The number of amides is 2. The third-order valence-corrected chi connectivity index (χ3v) is 8.83. The summed E-state index contributed by atoms with van der Waals surface area (Å²) in [6.45, 7) is 0.674. The molecule has 1 aromatic heterocycles. The van der Waals surface area contributed by atoms with Crippen LogP contribution in [0.1, 0.15) is 54.6 Å². The molecule has 2 amide bonds. The predicted octanol–water partition coefficient (Wildman–Crippen LogP) is 4.83. The summed E-state index contributed by atoms with van der Waals surface area (Å²) in [6, 6.07) is 9.41. The second-order valence-electron chi connectivity index (χ2n) is 11.3. The molecule has 2 aliphatic rings. The summed E-state index contributed by atoms with van der Waals surface area (Å²) in [6.07, 6.45) is 3.69. The highest BCUT2D eigenvalue weighted by atomic mass is 35.5. The molecule has 1 saturated carbocycles. The summed E-state index contributed by atoms with van der Waals surface area (Å²) in [5.74, 6) is -2.55. The van der Waals surface area contributed by atoms with Crippen molar-refractivity contribution in [2.75, 3.05) is 25.6 Å². The maximum absolute atomic E-state index is 15.3. The van der Waals surface area contributed by atoms with Crippen LogP contribution in [0.5, 0.6) is 0 Å². The van der Waals surface area contributed by atoms with Crippen LogP contribution in [0.2, 0.25) is 5.02 Å². The largest absolute Gasteiger partial charge is 0.481 e. The fourth-order valence-corrected chi connectivity index (χ4v) is 6.48. The van der Waals surface area contributed by atoms with Crippen LogP contribution in [0.3, 0.4) is 0 Å². The molecule has 0 radical (unpaired) electrons. The van der Waals surface area contributed by atoms with E-state index in [0.717, 1.165) is 24.4 Å². The minimum absolute atomic E-state index is 0.0443. The molecule has 3 aromatic rings. The molecule has 43 heavy (non-hydrogen) atoms. The Morgan fingerprint density at radius 2 is 1.77 bits per heavy atom. The molecule has 1 aliphatic carbocycles. The van der Waals surface area contributed by atoms with Gasteiger partial charge in [0, 0.05) is 19.5 Å². The molecule has 12 heteroatoms. The number of rotatable bonds is 10. The van der Waals surface area contributed by atoms with Crippen LogP contribution in [0.15, 0.2) is 36.4 Å². The van der Waals surface area contributed by atoms with Crippen molar-refractivity contribution in [2.24, 2.45) is 13.0 Å². The average Bonchev–Trinajstić information content (AvgIpc) is 3.55. The number of methoxy groups -OCH3 is 1. The van der Waals surface area contributed by atoms with Gasteiger partial charge in [-0.05, 0) is 62.3 Å². The highest BCUT2D eigenvalue weighted by Crippen LogP contribution is 2.32. The summed E-state index contributed by atoms with van der Waals surface area (Å²) in [7, 11) is 3.31. The molecule has 2 atom stereocenters. The summed E-state index contributed by atoms with van der Waals surface area (Å²) in [4.78, 5) is 39.6. The number of benzene rings is 2. The molecular formula is C31H36ClFN4O6. The highest BCUT2D eigenvalue weighted by molar-refractivity contribution is 6.34. The van der Waals surface area contributed by atoms with Crippen molar-refractivity contribution < 1.29 is 33.4 Å². The van der Waals surface area contributed by atoms with Crippen LogP contribution in [0, 0.1) is 11.7 Å². The first kappa shape index (κ1) is 30.9. The van der Waals surface area contributed by atoms with E-state index in [1.54, 1.807) is 35.9 Å². The number of fused-ring (bicyclic) bond motifs is 1. The molecule has 0 bridgehead atoms. The zero-order valence-corrected chi connectivity index (χ0v) is 25.0. The maximum atomic E-state index is 15.3. The summed E-state index contributed by atoms with van der Waals surface area (Å²) < 4.78 is 28.4. The van der Waals surface area contributed by atoms with Crippen LogP contribution in [-0.4, -0.2) is 76.1 Å². The fraction of sp³-hybridized carbons (Fsp3) is 0.484. The van der Waals surface area contributed by atoms with Gasteiger partial charge in [0.2, 0.25) is 5.91 Å². The number of anilines is 1. The van der Waals surface area contributed by atoms with Crippen LogP contribution in [-0.2, 0) is 32.5 Å². The lowest BCUT2D eigenvalue weighted by atomic mass is 9.87. The van der Waals surface area contributed by atoms with E-state index < -0.39 is 17.7 Å². The first-order valence-electron chi connectivity index (χ1n) is 14.5. The number of para-hydroxylation sites is 1. The Kier molecular flexibility index (Phi) is 9.63. The summed E-state index contributed by atoms with van der Waals surface area (Å²) in [5.41, 5.74) is 1.17. The van der Waals surface area contributed by atoms with Crippen LogP contribution in [0.4, 0.5) is 10.1 Å². The van der Waals surface area contributed by atoms with Gasteiger partial charge < -0.3 is 24.8 Å². The number of ether oxygens (including phenoxy) is 2. The Labute approximate surface area is 254 Å². The summed E-state index contributed by atoms with van der Waals surface area (Å²) in [5, 5.41) is 16.9. The number of aryl methyl sites for hydroxylation is 1. The standard InChI is InChI=1S/C31H36ClFN4O6/c1-36-27-6-4-3-5-23(27)29(35-36)30(39)34-26-15-25(33)19(13-24(26)32)14-28(38)37-20(16-42-2)9-10-21(37)17-43-22-11-7-18(8-12-22)31(40)41/h3-6,13,15,18,20-22H,7-12,14,16-17H2,1-2H3,(H,34,39)(H,40,41)/t18-,20-,21-,22-/m0/s1. The number of aliphatic carboxylic acids is 1. The summed E-state index contributed by atoms with van der Waals surface area (Å²) >= 11 is 6.46. The zero-order chi connectivity index (χ0) is 30.7. The Morgan fingerprint density at radius 1 is 1.07 bits per heavy atom. The molecule has 2 N–H and O–H groups in total. The number of carboxylic acid groups (broad SMARTS) is 1. The Bertz CT molecular complexity index is 1500. The number of carbonyl (C=O) groups is 3. The van der Waals surface area contributed by atoms with Crippen molar-refractivity contribution in [1.29, 1.82) is 0 Å². The molecule has 1 aliphatic heterocycles. The third-order valence-electron chi connectivity index (χ3n) is 8.51. The van der Waals surface area contributed by atoms with E-state index in [4.69, 9.17) is 21.1 Å². The molecule has 2 fully saturated rings. The second-order valence-corrected chi connectivity index (χ2v) is 11.7. The fourth-order valence-electron chi connectivity index (χ4n) is 6.25. The quantitative estimate of drug-likeness (QED) is 0.335. The predicted molar refractivity (Wildman–Crippen MR) is 159 cm³/mol. The lowest BCUT2D eigenvalue weighted by Gasteiger charge is -2.32. The smallest absolute Gasteiger partial charge is 0.306 e. The van der Waals surface area contributed by atoms with Gasteiger partial charge in [0.05, 0.1) is 60.0 Å². The number of halogens is 2. The molecule has 10 nitrogen and oxygen atoms in total. The zero-order valence-electron chi connectivity index (χ0n) is 24.2. The molecular weight excluding hydrogens is 579 g/mol. The van der Waals surface area contributed by atoms with E-state index >= 15 is 4.39 Å². The van der Waals surface area contributed by atoms with Crippen molar-refractivity contribution in [1.82, 2.24) is 14.7 Å². The van der Waals surface area contributed by atoms with Gasteiger partial charge in [-0.15, -0.1) is 0 Å². The monoisotopic (exact) mass is 614 g/mol. The van der Waals surface area contributed by atoms with Gasteiger partial charge in [-0.3, -0.25) is 19.1 Å². The van der Waals surface area contributed by atoms with Gasteiger partial charge in [-0.1, -0.05) is 29.8 Å². The SMILES string of the molecule is COC[C@@H]1CC[C@@H](CO[C@H]2CC[C@H](C(=O)O)CC2)N1C(=O)Cc1cc(Cl)c(NC(=O)c2nn(C)c3ccccc23)cc1F. The number of likely N-dealkylation sites (tertiary alicyclic amines) is 1.